The molecule has 0 aliphatic rings. The maximum absolute atomic E-state index is 5.27. The molecular weight excluding hydrogens is 204 g/mol. The Balaban J connectivity index is 3.30. The Kier molecular flexibility index (Phi) is 7.69. The van der Waals surface area contributed by atoms with E-state index in [0.717, 1.165) is 30.5 Å². The van der Waals surface area contributed by atoms with Crippen LogP contribution in [0.3, 0.4) is 0 Å². The van der Waals surface area contributed by atoms with Crippen molar-refractivity contribution >= 4 is 15.9 Å². The second-order valence-corrected chi connectivity index (χ2v) is 2.96. The number of ether oxygens (including phenoxy) is 1. The van der Waals surface area contributed by atoms with E-state index >= 15 is 0 Å². The van der Waals surface area contributed by atoms with Crippen molar-refractivity contribution in [2.45, 2.75) is 19.8 Å². The summed E-state index contributed by atoms with van der Waals surface area (Å²) in [5.74, 6) is 0.757. The topological polar surface area (TPSA) is 9.23 Å². The van der Waals surface area contributed by atoms with Crippen LogP contribution < -0.4 is 0 Å². The second kappa shape index (κ2) is 7.86. The summed E-state index contributed by atoms with van der Waals surface area (Å²) in [5.41, 5.74) is 0. The van der Waals surface area contributed by atoms with E-state index in [1.54, 1.807) is 0 Å². The fourth-order valence-electron chi connectivity index (χ4n) is 0.555. The van der Waals surface area contributed by atoms with Gasteiger partial charge in [0.2, 0.25) is 0 Å². The summed E-state index contributed by atoms with van der Waals surface area (Å²) < 4.78 is 5.27. The van der Waals surface area contributed by atoms with Crippen LogP contribution in [0, 0.1) is 0 Å². The molecule has 64 valence electrons. The second-order valence-electron chi connectivity index (χ2n) is 2.17. The first-order valence-corrected chi connectivity index (χ1v) is 4.97. The van der Waals surface area contributed by atoms with E-state index in [-0.39, 0.29) is 0 Å². The zero-order valence-electron chi connectivity index (χ0n) is 6.98. The van der Waals surface area contributed by atoms with Crippen molar-refractivity contribution in [2.75, 3.05) is 11.9 Å². The zero-order valence-corrected chi connectivity index (χ0v) is 8.56. The van der Waals surface area contributed by atoms with Gasteiger partial charge < -0.3 is 4.74 Å². The highest BCUT2D eigenvalue weighted by atomic mass is 79.9. The molecule has 0 rings (SSSR count). The van der Waals surface area contributed by atoms with Crippen LogP contribution in [0.5, 0.6) is 0 Å². The molecular formula is C9H15BrO. The quantitative estimate of drug-likeness (QED) is 0.288. The first-order valence-electron chi connectivity index (χ1n) is 3.85. The molecule has 2 heteroatoms. The van der Waals surface area contributed by atoms with Gasteiger partial charge in [0, 0.05) is 5.33 Å². The predicted molar refractivity (Wildman–Crippen MR) is 52.9 cm³/mol. The van der Waals surface area contributed by atoms with Crippen molar-refractivity contribution in [1.82, 2.24) is 0 Å². The Bertz CT molecular complexity index is 130. The standard InChI is InChI=1S/C9H15BrO/c1-3-4-6-9(2)11-8-5-7-10/h4,6H,2-3,5,7-8H2,1H3/b6-4-. The van der Waals surface area contributed by atoms with Crippen LogP contribution >= 0.6 is 15.9 Å². The molecule has 11 heavy (non-hydrogen) atoms. The molecule has 0 fully saturated rings. The van der Waals surface area contributed by atoms with Crippen molar-refractivity contribution in [2.24, 2.45) is 0 Å². The van der Waals surface area contributed by atoms with E-state index < -0.39 is 0 Å². The molecule has 0 aliphatic carbocycles. The Morgan fingerprint density at radius 2 is 2.36 bits per heavy atom. The van der Waals surface area contributed by atoms with Crippen molar-refractivity contribution in [3.63, 3.8) is 0 Å². The molecule has 0 unspecified atom stereocenters. The molecule has 0 aromatic carbocycles. The van der Waals surface area contributed by atoms with E-state index in [4.69, 9.17) is 4.74 Å². The summed E-state index contributed by atoms with van der Waals surface area (Å²) in [6, 6.07) is 0. The summed E-state index contributed by atoms with van der Waals surface area (Å²) >= 11 is 3.32. The fraction of sp³-hybridized carbons (Fsp3) is 0.556. The maximum atomic E-state index is 5.27. The summed E-state index contributed by atoms with van der Waals surface area (Å²) in [7, 11) is 0. The monoisotopic (exact) mass is 218 g/mol. The SMILES string of the molecule is C=C(/C=C\CC)OCCCBr. The lowest BCUT2D eigenvalue weighted by atomic mass is 10.4. The average molecular weight is 219 g/mol. The smallest absolute Gasteiger partial charge is 0.111 e. The van der Waals surface area contributed by atoms with Crippen LogP contribution in [0.2, 0.25) is 0 Å². The van der Waals surface area contributed by atoms with Gasteiger partial charge in [0.1, 0.15) is 5.76 Å². The van der Waals surface area contributed by atoms with Crippen LogP contribution in [0.1, 0.15) is 19.8 Å². The van der Waals surface area contributed by atoms with Gasteiger partial charge >= 0.3 is 0 Å². The lowest BCUT2D eigenvalue weighted by molar-refractivity contribution is 0.227. The highest BCUT2D eigenvalue weighted by molar-refractivity contribution is 9.09. The van der Waals surface area contributed by atoms with E-state index in [2.05, 4.69) is 29.4 Å². The first-order chi connectivity index (χ1) is 5.31. The molecule has 0 aromatic rings. The van der Waals surface area contributed by atoms with Crippen LogP contribution in [-0.2, 0) is 4.74 Å². The van der Waals surface area contributed by atoms with Gasteiger partial charge in [-0.25, -0.2) is 0 Å². The molecule has 0 bridgehead atoms. The van der Waals surface area contributed by atoms with Gasteiger partial charge in [0.05, 0.1) is 6.61 Å². The Morgan fingerprint density at radius 3 is 2.91 bits per heavy atom. The molecule has 0 amide bonds. The predicted octanol–water partition coefficient (Wildman–Crippen LogP) is 3.27. The van der Waals surface area contributed by atoms with E-state index in [0.29, 0.717) is 0 Å². The number of hydrogen-bond acceptors (Lipinski definition) is 1. The number of rotatable bonds is 6. The molecule has 0 radical (unpaired) electrons. The van der Waals surface area contributed by atoms with E-state index in [9.17, 15) is 0 Å². The highest BCUT2D eigenvalue weighted by Crippen LogP contribution is 1.98. The molecule has 0 N–H and O–H groups in total. The molecule has 0 aliphatic heterocycles. The Hall–Kier alpha value is -0.240. The molecule has 0 spiro atoms. The van der Waals surface area contributed by atoms with Gasteiger partial charge in [-0.2, -0.15) is 0 Å². The van der Waals surface area contributed by atoms with Crippen LogP contribution in [0.15, 0.2) is 24.5 Å². The minimum Gasteiger partial charge on any atom is -0.494 e. The highest BCUT2D eigenvalue weighted by Gasteiger charge is 1.87. The third-order valence-corrected chi connectivity index (χ3v) is 1.67. The molecule has 1 nitrogen and oxygen atoms in total. The molecule has 0 heterocycles. The van der Waals surface area contributed by atoms with Crippen LogP contribution in [-0.4, -0.2) is 11.9 Å². The number of hydrogen-bond donors (Lipinski definition) is 0. The number of allylic oxidation sites excluding steroid dienone is 2. The number of alkyl halides is 1. The molecule has 0 saturated carbocycles. The first kappa shape index (κ1) is 10.8. The van der Waals surface area contributed by atoms with Crippen molar-refractivity contribution < 1.29 is 4.74 Å². The summed E-state index contributed by atoms with van der Waals surface area (Å²) in [6.07, 6.45) is 6.00. The third kappa shape index (κ3) is 7.66. The normalized spacial score (nSPS) is 10.4. The van der Waals surface area contributed by atoms with Crippen molar-refractivity contribution in [3.05, 3.63) is 24.5 Å². The molecule has 0 aromatic heterocycles. The van der Waals surface area contributed by atoms with Gasteiger partial charge in [0.25, 0.3) is 0 Å². The lowest BCUT2D eigenvalue weighted by Crippen LogP contribution is -1.92. The summed E-state index contributed by atoms with van der Waals surface area (Å²) in [6.45, 7) is 6.57. The minimum atomic E-state index is 0.748. The Morgan fingerprint density at radius 1 is 1.64 bits per heavy atom. The van der Waals surface area contributed by atoms with Gasteiger partial charge in [-0.3, -0.25) is 0 Å². The number of halogens is 1. The van der Waals surface area contributed by atoms with Gasteiger partial charge in [-0.15, -0.1) is 0 Å². The van der Waals surface area contributed by atoms with Crippen LogP contribution in [0.25, 0.3) is 0 Å². The maximum Gasteiger partial charge on any atom is 0.111 e. The summed E-state index contributed by atoms with van der Waals surface area (Å²) in [4.78, 5) is 0. The minimum absolute atomic E-state index is 0.748. The van der Waals surface area contributed by atoms with Gasteiger partial charge in [-0.05, 0) is 18.9 Å². The molecule has 0 atom stereocenters. The Labute approximate surface area is 77.3 Å². The van der Waals surface area contributed by atoms with Crippen LogP contribution in [0.4, 0.5) is 0 Å². The third-order valence-electron chi connectivity index (χ3n) is 1.10. The zero-order chi connectivity index (χ0) is 8.53. The lowest BCUT2D eigenvalue weighted by Gasteiger charge is -2.02. The van der Waals surface area contributed by atoms with Gasteiger partial charge in [0.15, 0.2) is 0 Å². The van der Waals surface area contributed by atoms with Crippen molar-refractivity contribution in [3.8, 4) is 0 Å². The van der Waals surface area contributed by atoms with Gasteiger partial charge in [-0.1, -0.05) is 35.5 Å². The average Bonchev–Trinajstić information content (AvgIpc) is 2.01. The van der Waals surface area contributed by atoms with Crippen molar-refractivity contribution in [1.29, 1.82) is 0 Å². The van der Waals surface area contributed by atoms with E-state index in [1.807, 2.05) is 12.2 Å². The molecule has 0 saturated heterocycles. The largest absolute Gasteiger partial charge is 0.494 e. The van der Waals surface area contributed by atoms with E-state index in [1.165, 1.54) is 0 Å². The summed E-state index contributed by atoms with van der Waals surface area (Å²) in [5, 5.41) is 0.984. The fourth-order valence-corrected chi connectivity index (χ4v) is 0.784.